The number of halogens is 3. The molecule has 4 aromatic rings. The maximum Gasteiger partial charge on any atom is 0.266 e. The minimum atomic E-state index is 0.260. The van der Waals surface area contributed by atoms with Crippen molar-refractivity contribution in [3.8, 4) is 28.8 Å². The summed E-state index contributed by atoms with van der Waals surface area (Å²) in [5, 5.41) is 9.32. The number of pyridine rings is 1. The molecule has 0 amide bonds. The van der Waals surface area contributed by atoms with Gasteiger partial charge in [0.05, 0.1) is 10.0 Å². The number of rotatable bonds is 5. The fourth-order valence-corrected chi connectivity index (χ4v) is 3.48. The lowest BCUT2D eigenvalue weighted by Gasteiger charge is -2.10. The number of benzene rings is 2. The van der Waals surface area contributed by atoms with Crippen LogP contribution in [0.3, 0.4) is 0 Å². The molecule has 2 heterocycles. The van der Waals surface area contributed by atoms with E-state index < -0.39 is 0 Å². The first-order chi connectivity index (χ1) is 13.6. The van der Waals surface area contributed by atoms with Gasteiger partial charge in [0.25, 0.3) is 5.89 Å². The summed E-state index contributed by atoms with van der Waals surface area (Å²) in [5.74, 6) is 1.13. The van der Waals surface area contributed by atoms with Crippen molar-refractivity contribution in [1.82, 2.24) is 15.2 Å². The van der Waals surface area contributed by atoms with E-state index >= 15 is 0 Å². The molecule has 0 saturated carbocycles. The van der Waals surface area contributed by atoms with Crippen LogP contribution in [0.4, 0.5) is 0 Å². The molecule has 0 aliphatic carbocycles. The Morgan fingerprint density at radius 2 is 1.64 bits per heavy atom. The SMILES string of the molecule is Clc1cc(Cl)c(OCc2cccc(-c3nnc(-c4ccccn4)o3)c2)c(Cl)c1. The Morgan fingerprint density at radius 1 is 0.857 bits per heavy atom. The highest BCUT2D eigenvalue weighted by atomic mass is 35.5. The lowest BCUT2D eigenvalue weighted by atomic mass is 10.1. The predicted molar refractivity (Wildman–Crippen MR) is 109 cm³/mol. The lowest BCUT2D eigenvalue weighted by Crippen LogP contribution is -1.97. The van der Waals surface area contributed by atoms with Crippen molar-refractivity contribution in [3.63, 3.8) is 0 Å². The smallest absolute Gasteiger partial charge is 0.266 e. The normalized spacial score (nSPS) is 10.8. The van der Waals surface area contributed by atoms with Gasteiger partial charge in [-0.3, -0.25) is 4.98 Å². The summed E-state index contributed by atoms with van der Waals surface area (Å²) in [6.07, 6.45) is 1.67. The monoisotopic (exact) mass is 431 g/mol. The molecule has 0 unspecified atom stereocenters. The molecule has 2 aromatic heterocycles. The fraction of sp³-hybridized carbons (Fsp3) is 0.0500. The minimum Gasteiger partial charge on any atom is -0.486 e. The van der Waals surface area contributed by atoms with Gasteiger partial charge in [0, 0.05) is 16.8 Å². The van der Waals surface area contributed by atoms with Crippen LogP contribution in [0.2, 0.25) is 15.1 Å². The van der Waals surface area contributed by atoms with E-state index in [1.807, 2.05) is 36.4 Å². The summed E-state index contributed by atoms with van der Waals surface area (Å²) < 4.78 is 11.5. The van der Waals surface area contributed by atoms with Crippen molar-refractivity contribution in [2.45, 2.75) is 6.61 Å². The van der Waals surface area contributed by atoms with Crippen LogP contribution >= 0.6 is 34.8 Å². The van der Waals surface area contributed by atoms with Gasteiger partial charge in [0.2, 0.25) is 5.89 Å². The van der Waals surface area contributed by atoms with E-state index in [1.54, 1.807) is 24.4 Å². The summed E-state index contributed by atoms with van der Waals surface area (Å²) in [7, 11) is 0. The molecule has 0 atom stereocenters. The van der Waals surface area contributed by atoms with Crippen LogP contribution < -0.4 is 4.74 Å². The topological polar surface area (TPSA) is 61.0 Å². The van der Waals surface area contributed by atoms with E-state index in [1.165, 1.54) is 0 Å². The predicted octanol–water partition coefficient (Wildman–Crippen LogP) is 6.34. The molecule has 140 valence electrons. The van der Waals surface area contributed by atoms with Crippen molar-refractivity contribution in [2.24, 2.45) is 0 Å². The second-order valence-electron chi connectivity index (χ2n) is 5.81. The highest BCUT2D eigenvalue weighted by Gasteiger charge is 2.13. The lowest BCUT2D eigenvalue weighted by molar-refractivity contribution is 0.306. The highest BCUT2D eigenvalue weighted by molar-refractivity contribution is 6.40. The maximum absolute atomic E-state index is 6.16. The third-order valence-electron chi connectivity index (χ3n) is 3.83. The summed E-state index contributed by atoms with van der Waals surface area (Å²) in [4.78, 5) is 4.21. The Bertz CT molecular complexity index is 1090. The van der Waals surface area contributed by atoms with E-state index in [4.69, 9.17) is 44.0 Å². The summed E-state index contributed by atoms with van der Waals surface area (Å²) in [5.41, 5.74) is 2.27. The van der Waals surface area contributed by atoms with Crippen LogP contribution in [0.5, 0.6) is 5.75 Å². The zero-order valence-electron chi connectivity index (χ0n) is 14.3. The zero-order chi connectivity index (χ0) is 19.5. The molecule has 2 aromatic carbocycles. The van der Waals surface area contributed by atoms with Gasteiger partial charge in [0.1, 0.15) is 12.3 Å². The molecule has 0 aliphatic rings. The third kappa shape index (κ3) is 4.12. The Hall–Kier alpha value is -2.60. The van der Waals surface area contributed by atoms with Crippen LogP contribution in [0.15, 0.2) is 65.2 Å². The first kappa shape index (κ1) is 18.7. The number of ether oxygens (including phenoxy) is 1. The van der Waals surface area contributed by atoms with E-state index in [2.05, 4.69) is 15.2 Å². The van der Waals surface area contributed by atoms with Crippen molar-refractivity contribution in [3.05, 3.63) is 81.4 Å². The number of hydrogen-bond donors (Lipinski definition) is 0. The van der Waals surface area contributed by atoms with Gasteiger partial charge < -0.3 is 9.15 Å². The Kier molecular flexibility index (Phi) is 5.48. The van der Waals surface area contributed by atoms with E-state index in [0.29, 0.717) is 38.3 Å². The van der Waals surface area contributed by atoms with Gasteiger partial charge in [-0.2, -0.15) is 0 Å². The minimum absolute atomic E-state index is 0.260. The van der Waals surface area contributed by atoms with Crippen LogP contribution in [0.25, 0.3) is 23.0 Å². The van der Waals surface area contributed by atoms with Gasteiger partial charge in [-0.05, 0) is 42.0 Å². The third-order valence-corrected chi connectivity index (χ3v) is 4.61. The van der Waals surface area contributed by atoms with Crippen LogP contribution in [-0.2, 0) is 6.61 Å². The Morgan fingerprint density at radius 3 is 2.39 bits per heavy atom. The largest absolute Gasteiger partial charge is 0.486 e. The Balaban J connectivity index is 1.53. The van der Waals surface area contributed by atoms with Gasteiger partial charge in [-0.15, -0.1) is 10.2 Å². The summed E-state index contributed by atoms with van der Waals surface area (Å²) in [6.45, 7) is 0.260. The molecule has 4 rings (SSSR count). The molecular weight excluding hydrogens is 421 g/mol. The van der Waals surface area contributed by atoms with E-state index in [0.717, 1.165) is 11.1 Å². The number of nitrogens with zero attached hydrogens (tertiary/aromatic N) is 3. The first-order valence-corrected chi connectivity index (χ1v) is 9.35. The van der Waals surface area contributed by atoms with Crippen molar-refractivity contribution >= 4 is 34.8 Å². The molecule has 0 fully saturated rings. The second kappa shape index (κ2) is 8.19. The number of aromatic nitrogens is 3. The van der Waals surface area contributed by atoms with E-state index in [-0.39, 0.29) is 6.61 Å². The van der Waals surface area contributed by atoms with Crippen molar-refractivity contribution in [2.75, 3.05) is 0 Å². The molecule has 28 heavy (non-hydrogen) atoms. The van der Waals surface area contributed by atoms with Gasteiger partial charge in [-0.1, -0.05) is 53.0 Å². The molecule has 0 radical (unpaired) electrons. The molecule has 8 heteroatoms. The molecule has 5 nitrogen and oxygen atoms in total. The van der Waals surface area contributed by atoms with Gasteiger partial charge >= 0.3 is 0 Å². The van der Waals surface area contributed by atoms with E-state index in [9.17, 15) is 0 Å². The molecule has 0 aliphatic heterocycles. The molecule has 0 bridgehead atoms. The summed E-state index contributed by atoms with van der Waals surface area (Å²) >= 11 is 18.2. The van der Waals surface area contributed by atoms with Crippen LogP contribution in [0, 0.1) is 0 Å². The number of hydrogen-bond acceptors (Lipinski definition) is 5. The first-order valence-electron chi connectivity index (χ1n) is 8.22. The van der Waals surface area contributed by atoms with Crippen molar-refractivity contribution < 1.29 is 9.15 Å². The quantitative estimate of drug-likeness (QED) is 0.368. The molecule has 0 spiro atoms. The van der Waals surface area contributed by atoms with Gasteiger partial charge in [0.15, 0.2) is 5.75 Å². The Labute approximate surface area is 175 Å². The molecular formula is C20H12Cl3N3O2. The molecule has 0 saturated heterocycles. The fourth-order valence-electron chi connectivity index (χ4n) is 2.55. The average Bonchev–Trinajstić information content (AvgIpc) is 3.18. The van der Waals surface area contributed by atoms with Gasteiger partial charge in [-0.25, -0.2) is 0 Å². The van der Waals surface area contributed by atoms with Crippen LogP contribution in [0.1, 0.15) is 5.56 Å². The van der Waals surface area contributed by atoms with Crippen molar-refractivity contribution in [1.29, 1.82) is 0 Å². The van der Waals surface area contributed by atoms with Crippen LogP contribution in [-0.4, -0.2) is 15.2 Å². The second-order valence-corrected chi connectivity index (χ2v) is 7.07. The standard InChI is InChI=1S/C20H12Cl3N3O2/c21-14-9-15(22)18(16(23)10-14)27-11-12-4-3-5-13(8-12)19-25-26-20(28-19)17-6-1-2-7-24-17/h1-10H,11H2. The highest BCUT2D eigenvalue weighted by Crippen LogP contribution is 2.36. The summed E-state index contributed by atoms with van der Waals surface area (Å²) in [6, 6.07) is 16.2. The zero-order valence-corrected chi connectivity index (χ0v) is 16.5. The average molecular weight is 433 g/mol. The molecule has 0 N–H and O–H groups in total. The maximum atomic E-state index is 6.16.